The fourth-order valence-corrected chi connectivity index (χ4v) is 4.17. The predicted octanol–water partition coefficient (Wildman–Crippen LogP) is 3.94. The van der Waals surface area contributed by atoms with Gasteiger partial charge >= 0.3 is 0 Å². The van der Waals surface area contributed by atoms with Crippen LogP contribution in [-0.4, -0.2) is 34.3 Å². The van der Waals surface area contributed by atoms with Crippen LogP contribution in [0.4, 0.5) is 10.1 Å². The lowest BCUT2D eigenvalue weighted by atomic mass is 9.74. The van der Waals surface area contributed by atoms with Gasteiger partial charge in [-0.1, -0.05) is 23.2 Å². The van der Waals surface area contributed by atoms with Gasteiger partial charge in [-0.3, -0.25) is 9.78 Å². The van der Waals surface area contributed by atoms with Gasteiger partial charge in [0.25, 0.3) is 0 Å². The van der Waals surface area contributed by atoms with Crippen LogP contribution in [-0.2, 0) is 9.53 Å². The normalized spacial score (nSPS) is 29.8. The zero-order valence-electron chi connectivity index (χ0n) is 13.8. The number of nitrogens with one attached hydrogen (secondary N) is 1. The number of hydrogen-bond donors (Lipinski definition) is 1. The minimum absolute atomic E-state index is 0.155. The van der Waals surface area contributed by atoms with Crippen LogP contribution in [0.15, 0.2) is 30.6 Å². The molecule has 2 aliphatic heterocycles. The third-order valence-electron chi connectivity index (χ3n) is 4.96. The number of aromatic nitrogens is 2. The Balaban J connectivity index is 1.63. The number of anilines is 1. The Morgan fingerprint density at radius 1 is 1.35 bits per heavy atom. The molecule has 0 spiro atoms. The molecular formula is C18H16Cl2FN3O2. The van der Waals surface area contributed by atoms with E-state index in [4.69, 9.17) is 27.9 Å². The number of rotatable bonds is 3. The standard InChI is InChI=1S/C18H16Cl2FN3O2/c1-8-4-9(2-3-22-8)14-13-6-12(21)16(26-13)15(14)18(25)24-10-5-11(19)17(20)23-7-10/h2-5,7,12-16H,6H2,1H3,(H,24,25). The summed E-state index contributed by atoms with van der Waals surface area (Å²) in [4.78, 5) is 21.0. The largest absolute Gasteiger partial charge is 0.370 e. The molecule has 136 valence electrons. The molecule has 5 atom stereocenters. The SMILES string of the molecule is Cc1cc(C2C3CC(F)C(O3)C2C(=O)Nc2cnc(Cl)c(Cl)c2)ccn1. The van der Waals surface area contributed by atoms with E-state index in [1.54, 1.807) is 6.20 Å². The smallest absolute Gasteiger partial charge is 0.230 e. The molecule has 5 nitrogen and oxygen atoms in total. The van der Waals surface area contributed by atoms with Crippen LogP contribution in [0.3, 0.4) is 0 Å². The van der Waals surface area contributed by atoms with E-state index in [0.29, 0.717) is 12.1 Å². The Hall–Kier alpha value is -1.76. The minimum Gasteiger partial charge on any atom is -0.370 e. The number of hydrogen-bond acceptors (Lipinski definition) is 4. The Morgan fingerprint density at radius 2 is 2.15 bits per heavy atom. The second-order valence-corrected chi connectivity index (χ2v) is 7.42. The number of pyridine rings is 2. The molecule has 2 fully saturated rings. The summed E-state index contributed by atoms with van der Waals surface area (Å²) in [7, 11) is 0. The van der Waals surface area contributed by atoms with Gasteiger partial charge in [-0.2, -0.15) is 0 Å². The number of halogens is 3. The zero-order valence-corrected chi connectivity index (χ0v) is 15.3. The molecule has 4 rings (SSSR count). The molecule has 2 aliphatic rings. The van der Waals surface area contributed by atoms with Crippen molar-refractivity contribution in [3.8, 4) is 0 Å². The zero-order chi connectivity index (χ0) is 18.4. The number of carbonyl (C=O) groups is 1. The van der Waals surface area contributed by atoms with Crippen LogP contribution >= 0.6 is 23.2 Å². The summed E-state index contributed by atoms with van der Waals surface area (Å²) >= 11 is 11.7. The van der Waals surface area contributed by atoms with E-state index in [9.17, 15) is 9.18 Å². The van der Waals surface area contributed by atoms with Crippen molar-refractivity contribution < 1.29 is 13.9 Å². The molecule has 2 aromatic rings. The van der Waals surface area contributed by atoms with Gasteiger partial charge in [-0.05, 0) is 30.7 Å². The molecule has 0 aromatic carbocycles. The number of ether oxygens (including phenoxy) is 1. The van der Waals surface area contributed by atoms with E-state index in [2.05, 4.69) is 15.3 Å². The average molecular weight is 396 g/mol. The number of fused-ring (bicyclic) bond motifs is 2. The van der Waals surface area contributed by atoms with Gasteiger partial charge in [-0.25, -0.2) is 9.37 Å². The highest BCUT2D eigenvalue weighted by molar-refractivity contribution is 6.41. The molecule has 26 heavy (non-hydrogen) atoms. The molecule has 2 aromatic heterocycles. The first-order valence-corrected chi connectivity index (χ1v) is 9.03. The van der Waals surface area contributed by atoms with Gasteiger partial charge in [0, 0.05) is 24.2 Å². The fraction of sp³-hybridized carbons (Fsp3) is 0.389. The second-order valence-electron chi connectivity index (χ2n) is 6.66. The summed E-state index contributed by atoms with van der Waals surface area (Å²) in [6.07, 6.45) is 1.19. The summed E-state index contributed by atoms with van der Waals surface area (Å²) in [5, 5.41) is 3.15. The summed E-state index contributed by atoms with van der Waals surface area (Å²) in [6.45, 7) is 1.88. The number of aryl methyl sites for hydroxylation is 1. The molecule has 4 heterocycles. The van der Waals surface area contributed by atoms with Gasteiger partial charge in [0.1, 0.15) is 17.4 Å². The van der Waals surface area contributed by atoms with Gasteiger partial charge in [0.2, 0.25) is 5.91 Å². The van der Waals surface area contributed by atoms with Crippen LogP contribution in [0, 0.1) is 12.8 Å². The van der Waals surface area contributed by atoms with E-state index < -0.39 is 18.2 Å². The summed E-state index contributed by atoms with van der Waals surface area (Å²) < 4.78 is 20.1. The highest BCUT2D eigenvalue weighted by atomic mass is 35.5. The molecule has 0 saturated carbocycles. The summed E-state index contributed by atoms with van der Waals surface area (Å²) in [6, 6.07) is 5.29. The van der Waals surface area contributed by atoms with Gasteiger partial charge in [0.05, 0.1) is 28.9 Å². The van der Waals surface area contributed by atoms with E-state index in [-0.39, 0.29) is 28.1 Å². The van der Waals surface area contributed by atoms with Crippen molar-refractivity contribution in [1.29, 1.82) is 0 Å². The Kier molecular flexibility index (Phi) is 4.59. The van der Waals surface area contributed by atoms with E-state index in [1.807, 2.05) is 19.1 Å². The van der Waals surface area contributed by atoms with Gasteiger partial charge in [0.15, 0.2) is 0 Å². The van der Waals surface area contributed by atoms with Crippen molar-refractivity contribution >= 4 is 34.8 Å². The maximum absolute atomic E-state index is 14.3. The molecule has 2 saturated heterocycles. The van der Waals surface area contributed by atoms with E-state index in [1.165, 1.54) is 12.3 Å². The number of amides is 1. The van der Waals surface area contributed by atoms with Crippen molar-refractivity contribution in [1.82, 2.24) is 9.97 Å². The highest BCUT2D eigenvalue weighted by Crippen LogP contribution is 2.50. The molecule has 0 radical (unpaired) electrons. The Bertz CT molecular complexity index is 866. The lowest BCUT2D eigenvalue weighted by Crippen LogP contribution is -2.41. The lowest BCUT2D eigenvalue weighted by Gasteiger charge is -2.29. The van der Waals surface area contributed by atoms with Crippen LogP contribution in [0.1, 0.15) is 23.6 Å². The quantitative estimate of drug-likeness (QED) is 0.799. The van der Waals surface area contributed by atoms with Crippen molar-refractivity contribution in [2.75, 3.05) is 5.32 Å². The first-order valence-electron chi connectivity index (χ1n) is 8.28. The molecular weight excluding hydrogens is 380 g/mol. The first kappa shape index (κ1) is 17.6. The lowest BCUT2D eigenvalue weighted by molar-refractivity contribution is -0.122. The highest BCUT2D eigenvalue weighted by Gasteiger charge is 2.57. The molecule has 1 N–H and O–H groups in total. The average Bonchev–Trinajstić information content (AvgIpc) is 3.15. The third-order valence-corrected chi connectivity index (χ3v) is 5.65. The monoisotopic (exact) mass is 395 g/mol. The number of carbonyl (C=O) groups excluding carboxylic acids is 1. The molecule has 5 unspecified atom stereocenters. The molecule has 8 heteroatoms. The fourth-order valence-electron chi connectivity index (χ4n) is 3.90. The maximum Gasteiger partial charge on any atom is 0.230 e. The first-order chi connectivity index (χ1) is 12.4. The second kappa shape index (κ2) is 6.76. The third kappa shape index (κ3) is 3.06. The Labute approximate surface area is 159 Å². The van der Waals surface area contributed by atoms with Crippen LogP contribution in [0.2, 0.25) is 10.2 Å². The number of alkyl halides is 1. The van der Waals surface area contributed by atoms with Gasteiger partial charge < -0.3 is 10.1 Å². The van der Waals surface area contributed by atoms with Crippen LogP contribution in [0.25, 0.3) is 0 Å². The predicted molar refractivity (Wildman–Crippen MR) is 96.3 cm³/mol. The Morgan fingerprint density at radius 3 is 2.88 bits per heavy atom. The van der Waals surface area contributed by atoms with Gasteiger partial charge in [-0.15, -0.1) is 0 Å². The van der Waals surface area contributed by atoms with Crippen molar-refractivity contribution in [3.63, 3.8) is 0 Å². The molecule has 2 bridgehead atoms. The van der Waals surface area contributed by atoms with Crippen molar-refractivity contribution in [3.05, 3.63) is 52.0 Å². The van der Waals surface area contributed by atoms with Crippen molar-refractivity contribution in [2.45, 2.75) is 37.6 Å². The van der Waals surface area contributed by atoms with Crippen LogP contribution < -0.4 is 5.32 Å². The van der Waals surface area contributed by atoms with Crippen LogP contribution in [0.5, 0.6) is 0 Å². The van der Waals surface area contributed by atoms with Crippen molar-refractivity contribution in [2.24, 2.45) is 5.92 Å². The van der Waals surface area contributed by atoms with E-state index in [0.717, 1.165) is 11.3 Å². The molecule has 1 amide bonds. The minimum atomic E-state index is -1.15. The summed E-state index contributed by atoms with van der Waals surface area (Å²) in [5.74, 6) is -1.18. The summed E-state index contributed by atoms with van der Waals surface area (Å²) in [5.41, 5.74) is 2.19. The van der Waals surface area contributed by atoms with E-state index >= 15 is 0 Å². The molecule has 0 aliphatic carbocycles. The number of nitrogens with zero attached hydrogens (tertiary/aromatic N) is 2. The topological polar surface area (TPSA) is 64.1 Å². The maximum atomic E-state index is 14.3.